The summed E-state index contributed by atoms with van der Waals surface area (Å²) >= 11 is 1.40. The molecule has 2 aromatic rings. The number of rotatable bonds is 9. The first-order valence-corrected chi connectivity index (χ1v) is 11.6. The number of thioether (sulfide) groups is 1. The minimum absolute atomic E-state index is 0.0891. The molecular formula is C19H20F4N2O3S2. The number of halogens is 4. The molecule has 0 radical (unpaired) electrons. The van der Waals surface area contributed by atoms with Gasteiger partial charge in [-0.15, -0.1) is 0 Å². The zero-order valence-corrected chi connectivity index (χ0v) is 17.5. The average molecular weight is 465 g/mol. The van der Waals surface area contributed by atoms with Crippen LogP contribution in [0, 0.1) is 5.82 Å². The Bertz CT molecular complexity index is 964. The molecule has 0 saturated heterocycles. The number of hydrogen-bond acceptors (Lipinski definition) is 4. The summed E-state index contributed by atoms with van der Waals surface area (Å²) in [5.74, 6) is -1.15. The van der Waals surface area contributed by atoms with Gasteiger partial charge in [-0.25, -0.2) is 12.8 Å². The van der Waals surface area contributed by atoms with E-state index in [-0.39, 0.29) is 13.0 Å². The van der Waals surface area contributed by atoms with Crippen molar-refractivity contribution in [1.82, 2.24) is 10.0 Å². The molecule has 2 N–H and O–H groups in total. The van der Waals surface area contributed by atoms with Crippen LogP contribution in [0.4, 0.5) is 17.6 Å². The van der Waals surface area contributed by atoms with Gasteiger partial charge in [0.1, 0.15) is 16.8 Å². The van der Waals surface area contributed by atoms with Gasteiger partial charge >= 0.3 is 6.18 Å². The number of carbonyl (C=O) groups is 1. The normalized spacial score (nSPS) is 13.1. The van der Waals surface area contributed by atoms with Crippen LogP contribution in [-0.2, 0) is 27.5 Å². The number of benzene rings is 2. The van der Waals surface area contributed by atoms with Gasteiger partial charge in [0.25, 0.3) is 0 Å². The van der Waals surface area contributed by atoms with Crippen molar-refractivity contribution in [2.45, 2.75) is 30.1 Å². The van der Waals surface area contributed by atoms with E-state index in [0.717, 1.165) is 24.3 Å². The Hall–Kier alpha value is -2.11. The summed E-state index contributed by atoms with van der Waals surface area (Å²) < 4.78 is 78.9. The zero-order valence-electron chi connectivity index (χ0n) is 15.9. The van der Waals surface area contributed by atoms with E-state index in [9.17, 15) is 30.8 Å². The summed E-state index contributed by atoms with van der Waals surface area (Å²) in [5.41, 5.74) is -0.398. The van der Waals surface area contributed by atoms with Crippen LogP contribution in [0.2, 0.25) is 0 Å². The second kappa shape index (κ2) is 10.3. The quantitative estimate of drug-likeness (QED) is 0.557. The van der Waals surface area contributed by atoms with Crippen molar-refractivity contribution < 1.29 is 30.8 Å². The predicted molar refractivity (Wildman–Crippen MR) is 107 cm³/mol. The lowest BCUT2D eigenvalue weighted by molar-refractivity contribution is -0.137. The van der Waals surface area contributed by atoms with Gasteiger partial charge in [0.15, 0.2) is 0 Å². The highest BCUT2D eigenvalue weighted by molar-refractivity contribution is 7.98. The predicted octanol–water partition coefficient (Wildman–Crippen LogP) is 3.56. The highest BCUT2D eigenvalue weighted by Gasteiger charge is 2.30. The molecule has 0 aliphatic rings. The molecule has 11 heteroatoms. The van der Waals surface area contributed by atoms with Crippen LogP contribution in [-0.4, -0.2) is 32.4 Å². The number of nitrogens with one attached hydrogen (secondary N) is 2. The Labute approximate surface area is 176 Å². The molecule has 2 aromatic carbocycles. The van der Waals surface area contributed by atoms with Crippen LogP contribution in [0.5, 0.6) is 0 Å². The van der Waals surface area contributed by atoms with E-state index < -0.39 is 44.4 Å². The molecule has 0 bridgehead atoms. The van der Waals surface area contributed by atoms with Gasteiger partial charge in [-0.3, -0.25) is 4.79 Å². The van der Waals surface area contributed by atoms with Crippen LogP contribution in [0.1, 0.15) is 17.5 Å². The molecule has 0 saturated carbocycles. The third kappa shape index (κ3) is 6.71. The maximum absolute atomic E-state index is 13.9. The lowest BCUT2D eigenvalue weighted by atomic mass is 10.1. The lowest BCUT2D eigenvalue weighted by Gasteiger charge is -2.18. The third-order valence-electron chi connectivity index (χ3n) is 4.10. The topological polar surface area (TPSA) is 75.3 Å². The smallest absolute Gasteiger partial charge is 0.351 e. The summed E-state index contributed by atoms with van der Waals surface area (Å²) in [6.45, 7) is -0.0891. The van der Waals surface area contributed by atoms with E-state index in [1.165, 1.54) is 36.0 Å². The fraction of sp³-hybridized carbons (Fsp3) is 0.316. The monoisotopic (exact) mass is 464 g/mol. The van der Waals surface area contributed by atoms with Crippen LogP contribution in [0.15, 0.2) is 53.4 Å². The highest BCUT2D eigenvalue weighted by Crippen LogP contribution is 2.29. The summed E-state index contributed by atoms with van der Waals surface area (Å²) in [6.07, 6.45) is -2.54. The second-order valence-corrected chi connectivity index (χ2v) is 8.97. The molecule has 2 rings (SSSR count). The van der Waals surface area contributed by atoms with Crippen molar-refractivity contribution >= 4 is 27.7 Å². The number of amides is 1. The van der Waals surface area contributed by atoms with E-state index >= 15 is 0 Å². The zero-order chi connectivity index (χ0) is 22.4. The van der Waals surface area contributed by atoms with Crippen molar-refractivity contribution in [3.8, 4) is 0 Å². The van der Waals surface area contributed by atoms with Crippen molar-refractivity contribution in [2.75, 3.05) is 12.0 Å². The first-order chi connectivity index (χ1) is 14.0. The largest absolute Gasteiger partial charge is 0.416 e. The van der Waals surface area contributed by atoms with E-state index in [0.29, 0.717) is 11.3 Å². The fourth-order valence-electron chi connectivity index (χ4n) is 2.52. The van der Waals surface area contributed by atoms with Gasteiger partial charge < -0.3 is 5.32 Å². The minimum Gasteiger partial charge on any atom is -0.351 e. The average Bonchev–Trinajstić information content (AvgIpc) is 2.69. The Morgan fingerprint density at radius 3 is 2.30 bits per heavy atom. The Balaban J connectivity index is 2.09. The number of hydrogen-bond donors (Lipinski definition) is 2. The molecule has 0 aliphatic carbocycles. The summed E-state index contributed by atoms with van der Waals surface area (Å²) in [6, 6.07) is 7.86. The highest BCUT2D eigenvalue weighted by atomic mass is 32.2. The Morgan fingerprint density at radius 2 is 1.73 bits per heavy atom. The van der Waals surface area contributed by atoms with E-state index in [4.69, 9.17) is 0 Å². The Morgan fingerprint density at radius 1 is 1.10 bits per heavy atom. The lowest BCUT2D eigenvalue weighted by Crippen LogP contribution is -2.46. The van der Waals surface area contributed by atoms with Gasteiger partial charge in [-0.05, 0) is 48.3 Å². The molecule has 1 amide bonds. The maximum atomic E-state index is 13.9. The van der Waals surface area contributed by atoms with Crippen molar-refractivity contribution in [3.05, 3.63) is 65.5 Å². The molecule has 0 aromatic heterocycles. The molecule has 1 atom stereocenters. The first kappa shape index (κ1) is 24.2. The van der Waals surface area contributed by atoms with Gasteiger partial charge in [0.2, 0.25) is 15.9 Å². The van der Waals surface area contributed by atoms with Crippen molar-refractivity contribution in [3.63, 3.8) is 0 Å². The summed E-state index contributed by atoms with van der Waals surface area (Å²) in [5, 5.41) is 2.50. The SMILES string of the molecule is CSCCC(NS(=O)(=O)c1ccccc1F)C(=O)NCc1ccc(C(F)(F)F)cc1. The summed E-state index contributed by atoms with van der Waals surface area (Å²) in [4.78, 5) is 11.9. The van der Waals surface area contributed by atoms with Crippen LogP contribution < -0.4 is 10.0 Å². The second-order valence-electron chi connectivity index (χ2n) is 6.30. The maximum Gasteiger partial charge on any atom is 0.416 e. The van der Waals surface area contributed by atoms with Gasteiger partial charge in [0.05, 0.1) is 5.56 Å². The van der Waals surface area contributed by atoms with Crippen LogP contribution >= 0.6 is 11.8 Å². The molecule has 5 nitrogen and oxygen atoms in total. The summed E-state index contributed by atoms with van der Waals surface area (Å²) in [7, 11) is -4.29. The number of alkyl halides is 3. The molecule has 0 spiro atoms. The van der Waals surface area contributed by atoms with Gasteiger partial charge in [-0.1, -0.05) is 24.3 Å². The molecular weight excluding hydrogens is 444 g/mol. The standard InChI is InChI=1S/C19H20F4N2O3S2/c1-29-11-10-16(25-30(27,28)17-5-3-2-4-15(17)20)18(26)24-12-13-6-8-14(9-7-13)19(21,22)23/h2-9,16,25H,10-12H2,1H3,(H,24,26). The molecule has 164 valence electrons. The molecule has 30 heavy (non-hydrogen) atoms. The van der Waals surface area contributed by atoms with Gasteiger partial charge in [-0.2, -0.15) is 29.7 Å². The number of sulfonamides is 1. The van der Waals surface area contributed by atoms with Crippen molar-refractivity contribution in [1.29, 1.82) is 0 Å². The van der Waals surface area contributed by atoms with E-state index in [2.05, 4.69) is 10.0 Å². The van der Waals surface area contributed by atoms with Gasteiger partial charge in [0, 0.05) is 6.54 Å². The number of carbonyl (C=O) groups excluding carboxylic acids is 1. The van der Waals surface area contributed by atoms with E-state index in [1.54, 1.807) is 6.26 Å². The first-order valence-electron chi connectivity index (χ1n) is 8.74. The van der Waals surface area contributed by atoms with Crippen molar-refractivity contribution in [2.24, 2.45) is 0 Å². The third-order valence-corrected chi connectivity index (χ3v) is 6.25. The Kier molecular flexibility index (Phi) is 8.27. The van der Waals surface area contributed by atoms with E-state index in [1.807, 2.05) is 0 Å². The molecule has 0 heterocycles. The fourth-order valence-corrected chi connectivity index (χ4v) is 4.30. The molecule has 1 unspecified atom stereocenters. The molecule has 0 fully saturated rings. The molecule has 0 aliphatic heterocycles. The van der Waals surface area contributed by atoms with Crippen LogP contribution in [0.25, 0.3) is 0 Å². The van der Waals surface area contributed by atoms with Crippen LogP contribution in [0.3, 0.4) is 0 Å². The minimum atomic E-state index is -4.46.